The van der Waals surface area contributed by atoms with Crippen LogP contribution in [0.2, 0.25) is 0 Å². The first-order valence-electron chi connectivity index (χ1n) is 6.32. The van der Waals surface area contributed by atoms with E-state index in [0.29, 0.717) is 6.07 Å². The van der Waals surface area contributed by atoms with Crippen molar-refractivity contribution in [2.24, 2.45) is 0 Å². The number of halogens is 5. The van der Waals surface area contributed by atoms with Crippen molar-refractivity contribution in [3.05, 3.63) is 58.9 Å². The standard InChI is InChI=1S/C15H12F5N2.Ir/c1-14(2,13-8-21-7-10(6-16)22-13)11-4-3-9(17)5-12(11)15(18,19)20;/h3,5,7-8H,6H2,1-2H3;/q-1;. The predicted octanol–water partition coefficient (Wildman–Crippen LogP) is 4.23. The molecule has 0 fully saturated rings. The van der Waals surface area contributed by atoms with Gasteiger partial charge in [0.2, 0.25) is 0 Å². The molecule has 0 bridgehead atoms. The van der Waals surface area contributed by atoms with Crippen molar-refractivity contribution in [3.63, 3.8) is 0 Å². The van der Waals surface area contributed by atoms with Crippen molar-refractivity contribution in [1.82, 2.24) is 9.97 Å². The zero-order chi connectivity index (χ0) is 16.5. The first kappa shape index (κ1) is 19.6. The molecule has 0 saturated heterocycles. The van der Waals surface area contributed by atoms with Crippen molar-refractivity contribution in [3.8, 4) is 0 Å². The van der Waals surface area contributed by atoms with Crippen LogP contribution in [-0.4, -0.2) is 9.97 Å². The Hall–Kier alpha value is -1.40. The largest absolute Gasteiger partial charge is 0.370 e. The van der Waals surface area contributed by atoms with E-state index in [-0.39, 0.29) is 37.1 Å². The summed E-state index contributed by atoms with van der Waals surface area (Å²) in [4.78, 5) is 7.75. The smallest absolute Gasteiger partial charge is 0.284 e. The Morgan fingerprint density at radius 1 is 1.17 bits per heavy atom. The Morgan fingerprint density at radius 3 is 2.39 bits per heavy atom. The number of rotatable bonds is 3. The maximum atomic E-state index is 13.2. The molecule has 1 heterocycles. The molecule has 1 radical (unpaired) electrons. The van der Waals surface area contributed by atoms with Crippen molar-refractivity contribution in [1.29, 1.82) is 0 Å². The van der Waals surface area contributed by atoms with Crippen LogP contribution in [0.3, 0.4) is 0 Å². The maximum Gasteiger partial charge on any atom is 0.370 e. The average molecular weight is 507 g/mol. The minimum absolute atomic E-state index is 0. The van der Waals surface area contributed by atoms with Gasteiger partial charge in [-0.15, -0.1) is 17.7 Å². The molecule has 2 aromatic rings. The predicted molar refractivity (Wildman–Crippen MR) is 69.2 cm³/mol. The minimum Gasteiger partial charge on any atom is -0.284 e. The van der Waals surface area contributed by atoms with Gasteiger partial charge in [0.1, 0.15) is 6.67 Å². The SMILES string of the molecule is CC(C)(c1cncc(CF)n1)c1[c-]cc(F)cc1C(F)(F)F.[Ir]. The second-order valence-electron chi connectivity index (χ2n) is 5.26. The number of hydrogen-bond acceptors (Lipinski definition) is 2. The van der Waals surface area contributed by atoms with Gasteiger partial charge in [0.25, 0.3) is 0 Å². The summed E-state index contributed by atoms with van der Waals surface area (Å²) in [5.74, 6) is -1.03. The molecule has 0 aliphatic carbocycles. The van der Waals surface area contributed by atoms with Crippen molar-refractivity contribution in [2.45, 2.75) is 32.1 Å². The zero-order valence-electron chi connectivity index (χ0n) is 12.1. The molecule has 0 aliphatic heterocycles. The Kier molecular flexibility index (Phi) is 5.99. The summed E-state index contributed by atoms with van der Waals surface area (Å²) >= 11 is 0. The molecule has 23 heavy (non-hydrogen) atoms. The van der Waals surface area contributed by atoms with Gasteiger partial charge in [0, 0.05) is 37.5 Å². The molecule has 0 unspecified atom stereocenters. The van der Waals surface area contributed by atoms with Crippen LogP contribution in [0.15, 0.2) is 24.5 Å². The molecular formula is C15H12F5IrN2-. The second-order valence-corrected chi connectivity index (χ2v) is 5.26. The third kappa shape index (κ3) is 4.12. The Bertz CT molecular complexity index is 686. The molecule has 8 heteroatoms. The number of hydrogen-bond donors (Lipinski definition) is 0. The summed E-state index contributed by atoms with van der Waals surface area (Å²) in [6, 6.07) is 3.58. The monoisotopic (exact) mass is 508 g/mol. The molecule has 0 aliphatic rings. The van der Waals surface area contributed by atoms with Crippen molar-refractivity contribution in [2.75, 3.05) is 0 Å². The van der Waals surface area contributed by atoms with E-state index >= 15 is 0 Å². The van der Waals surface area contributed by atoms with E-state index < -0.39 is 29.6 Å². The van der Waals surface area contributed by atoms with Gasteiger partial charge in [-0.3, -0.25) is 14.4 Å². The number of aromatic nitrogens is 2. The van der Waals surface area contributed by atoms with Gasteiger partial charge >= 0.3 is 6.18 Å². The number of alkyl halides is 4. The first-order valence-corrected chi connectivity index (χ1v) is 6.32. The Labute approximate surface area is 143 Å². The maximum absolute atomic E-state index is 13.2. The molecule has 0 atom stereocenters. The summed E-state index contributed by atoms with van der Waals surface area (Å²) in [6.45, 7) is 2.06. The van der Waals surface area contributed by atoms with E-state index in [9.17, 15) is 22.0 Å². The second kappa shape index (κ2) is 7.01. The summed E-state index contributed by atoms with van der Waals surface area (Å²) in [5, 5.41) is 0. The van der Waals surface area contributed by atoms with Gasteiger partial charge in [-0.1, -0.05) is 13.8 Å². The molecule has 127 valence electrons. The van der Waals surface area contributed by atoms with E-state index in [4.69, 9.17) is 0 Å². The first-order chi connectivity index (χ1) is 10.2. The van der Waals surface area contributed by atoms with Crippen LogP contribution in [0.5, 0.6) is 0 Å². The molecule has 1 aromatic heterocycles. The third-order valence-corrected chi connectivity index (χ3v) is 3.30. The molecule has 0 amide bonds. The van der Waals surface area contributed by atoms with Crippen LogP contribution >= 0.6 is 0 Å². The minimum atomic E-state index is -4.74. The van der Waals surface area contributed by atoms with E-state index in [1.165, 1.54) is 26.2 Å². The Morgan fingerprint density at radius 2 is 1.83 bits per heavy atom. The van der Waals surface area contributed by atoms with Gasteiger partial charge in [-0.25, -0.2) is 4.39 Å². The van der Waals surface area contributed by atoms with E-state index in [1.807, 2.05) is 0 Å². The third-order valence-electron chi connectivity index (χ3n) is 3.30. The molecule has 0 spiro atoms. The van der Waals surface area contributed by atoms with Crippen LogP contribution in [-0.2, 0) is 38.4 Å². The molecular weight excluding hydrogens is 495 g/mol. The van der Waals surface area contributed by atoms with Crippen LogP contribution < -0.4 is 0 Å². The van der Waals surface area contributed by atoms with Crippen LogP contribution in [0, 0.1) is 11.9 Å². The fourth-order valence-electron chi connectivity index (χ4n) is 2.11. The number of benzene rings is 1. The molecule has 1 aromatic carbocycles. The van der Waals surface area contributed by atoms with Crippen LogP contribution in [0.1, 0.15) is 36.4 Å². The summed E-state index contributed by atoms with van der Waals surface area (Å²) in [7, 11) is 0. The quantitative estimate of drug-likeness (QED) is 0.459. The summed E-state index contributed by atoms with van der Waals surface area (Å²) in [5.41, 5.74) is -2.51. The van der Waals surface area contributed by atoms with Crippen molar-refractivity contribution < 1.29 is 42.1 Å². The zero-order valence-corrected chi connectivity index (χ0v) is 14.5. The molecule has 0 saturated carbocycles. The van der Waals surface area contributed by atoms with Gasteiger partial charge in [0.05, 0.1) is 17.6 Å². The Balaban J connectivity index is 0.00000264. The van der Waals surface area contributed by atoms with Crippen molar-refractivity contribution >= 4 is 0 Å². The molecule has 0 N–H and O–H groups in total. The molecule has 2 nitrogen and oxygen atoms in total. The van der Waals surface area contributed by atoms with Gasteiger partial charge in [-0.2, -0.15) is 19.2 Å². The van der Waals surface area contributed by atoms with E-state index in [2.05, 4.69) is 16.0 Å². The topological polar surface area (TPSA) is 25.8 Å². The van der Waals surface area contributed by atoms with E-state index in [0.717, 1.165) is 6.07 Å². The summed E-state index contributed by atoms with van der Waals surface area (Å²) < 4.78 is 65.3. The van der Waals surface area contributed by atoms with Gasteiger partial charge in [0.15, 0.2) is 0 Å². The van der Waals surface area contributed by atoms with Crippen LogP contribution in [0.25, 0.3) is 0 Å². The summed E-state index contributed by atoms with van der Waals surface area (Å²) in [6.07, 6.45) is -2.29. The fraction of sp³-hybridized carbons (Fsp3) is 0.333. The fourth-order valence-corrected chi connectivity index (χ4v) is 2.11. The van der Waals surface area contributed by atoms with Gasteiger partial charge in [-0.05, 0) is 5.56 Å². The molecule has 2 rings (SSSR count). The van der Waals surface area contributed by atoms with E-state index in [1.54, 1.807) is 0 Å². The number of nitrogens with zero attached hydrogens (tertiary/aromatic N) is 2. The van der Waals surface area contributed by atoms with Crippen LogP contribution in [0.4, 0.5) is 22.0 Å². The van der Waals surface area contributed by atoms with Gasteiger partial charge < -0.3 is 0 Å². The normalized spacial score (nSPS) is 12.0. The average Bonchev–Trinajstić information content (AvgIpc) is 2.46.